The molecule has 0 spiro atoms. The predicted octanol–water partition coefficient (Wildman–Crippen LogP) is 3.29. The van der Waals surface area contributed by atoms with E-state index in [2.05, 4.69) is 41.4 Å². The molecule has 3 rings (SSSR count). The Hall–Kier alpha value is -1.02. The molecular formula is C16H24N2. The third kappa shape index (κ3) is 2.86. The summed E-state index contributed by atoms with van der Waals surface area (Å²) in [4.78, 5) is 2.66. The molecule has 1 atom stereocenters. The molecule has 98 valence electrons. The highest BCUT2D eigenvalue weighted by atomic mass is 15.2. The topological polar surface area (TPSA) is 15.3 Å². The largest absolute Gasteiger partial charge is 0.381 e. The van der Waals surface area contributed by atoms with E-state index >= 15 is 0 Å². The van der Waals surface area contributed by atoms with Gasteiger partial charge in [0.15, 0.2) is 0 Å². The van der Waals surface area contributed by atoms with E-state index in [0.717, 1.165) is 6.04 Å². The molecule has 1 N–H and O–H groups in total. The van der Waals surface area contributed by atoms with Crippen LogP contribution >= 0.6 is 0 Å². The highest BCUT2D eigenvalue weighted by Crippen LogP contribution is 2.30. The van der Waals surface area contributed by atoms with Gasteiger partial charge in [-0.3, -0.25) is 4.90 Å². The van der Waals surface area contributed by atoms with Gasteiger partial charge in [-0.05, 0) is 43.4 Å². The molecule has 1 aliphatic heterocycles. The fourth-order valence-electron chi connectivity index (χ4n) is 2.97. The van der Waals surface area contributed by atoms with E-state index < -0.39 is 0 Å². The van der Waals surface area contributed by atoms with E-state index in [1.54, 1.807) is 0 Å². The summed E-state index contributed by atoms with van der Waals surface area (Å²) < 4.78 is 0. The van der Waals surface area contributed by atoms with Gasteiger partial charge in [0.25, 0.3) is 0 Å². The van der Waals surface area contributed by atoms with E-state index in [0.29, 0.717) is 6.04 Å². The monoisotopic (exact) mass is 244 g/mol. The van der Waals surface area contributed by atoms with Crippen molar-refractivity contribution in [2.45, 2.75) is 51.1 Å². The molecule has 2 aliphatic rings. The first-order valence-electron chi connectivity index (χ1n) is 7.44. The summed E-state index contributed by atoms with van der Waals surface area (Å²) >= 11 is 0. The van der Waals surface area contributed by atoms with Gasteiger partial charge in [0.2, 0.25) is 0 Å². The average molecular weight is 244 g/mol. The number of likely N-dealkylation sites (tertiary alicyclic amines) is 1. The van der Waals surface area contributed by atoms with Crippen molar-refractivity contribution in [1.82, 2.24) is 4.90 Å². The quantitative estimate of drug-likeness (QED) is 0.855. The van der Waals surface area contributed by atoms with Crippen LogP contribution in [0.2, 0.25) is 0 Å². The van der Waals surface area contributed by atoms with Gasteiger partial charge in [0.1, 0.15) is 0 Å². The lowest BCUT2D eigenvalue weighted by Gasteiger charge is -2.16. The van der Waals surface area contributed by atoms with E-state index in [1.165, 1.54) is 56.4 Å². The lowest BCUT2D eigenvalue weighted by Crippen LogP contribution is -2.27. The number of anilines is 1. The van der Waals surface area contributed by atoms with Crippen LogP contribution in [-0.2, 0) is 6.42 Å². The predicted molar refractivity (Wildman–Crippen MR) is 77.1 cm³/mol. The smallest absolute Gasteiger partial charge is 0.0400 e. The Labute approximate surface area is 110 Å². The second-order valence-electron chi connectivity index (χ2n) is 5.80. The molecule has 1 heterocycles. The minimum Gasteiger partial charge on any atom is -0.381 e. The van der Waals surface area contributed by atoms with Crippen LogP contribution in [0.3, 0.4) is 0 Å². The molecule has 0 aromatic heterocycles. The number of aryl methyl sites for hydroxylation is 1. The van der Waals surface area contributed by atoms with Gasteiger partial charge in [-0.25, -0.2) is 0 Å². The Bertz CT molecular complexity index is 381. The lowest BCUT2D eigenvalue weighted by atomic mass is 10.1. The number of nitrogens with zero attached hydrogens (tertiary/aromatic N) is 1. The molecule has 1 unspecified atom stereocenters. The van der Waals surface area contributed by atoms with Crippen molar-refractivity contribution in [1.29, 1.82) is 0 Å². The number of benzene rings is 1. The zero-order chi connectivity index (χ0) is 12.4. The van der Waals surface area contributed by atoms with Crippen LogP contribution in [0.5, 0.6) is 0 Å². The summed E-state index contributed by atoms with van der Waals surface area (Å²) in [7, 11) is 0. The van der Waals surface area contributed by atoms with Crippen LogP contribution in [0, 0.1) is 0 Å². The van der Waals surface area contributed by atoms with Gasteiger partial charge in [-0.15, -0.1) is 0 Å². The third-order valence-corrected chi connectivity index (χ3v) is 4.15. The molecule has 1 saturated heterocycles. The minimum absolute atomic E-state index is 0.655. The lowest BCUT2D eigenvalue weighted by molar-refractivity contribution is 0.326. The summed E-state index contributed by atoms with van der Waals surface area (Å²) in [6.45, 7) is 4.76. The number of nitrogens with one attached hydrogen (secondary N) is 1. The van der Waals surface area contributed by atoms with Crippen molar-refractivity contribution in [3.63, 3.8) is 0 Å². The minimum atomic E-state index is 0.655. The van der Waals surface area contributed by atoms with E-state index in [1.807, 2.05) is 0 Å². The van der Waals surface area contributed by atoms with E-state index in [4.69, 9.17) is 0 Å². The highest BCUT2D eigenvalue weighted by Gasteiger charge is 2.34. The van der Waals surface area contributed by atoms with Crippen molar-refractivity contribution < 1.29 is 0 Å². The molecule has 0 bridgehead atoms. The molecule has 2 heteroatoms. The first-order chi connectivity index (χ1) is 8.85. The number of hydrogen-bond acceptors (Lipinski definition) is 2. The Morgan fingerprint density at radius 1 is 1.17 bits per heavy atom. The SMILES string of the molecule is CCCc1ccc(NC2CCN(C3CC3)C2)cc1. The maximum atomic E-state index is 3.68. The van der Waals surface area contributed by atoms with Gasteiger partial charge >= 0.3 is 0 Å². The van der Waals surface area contributed by atoms with Crippen LogP contribution in [-0.4, -0.2) is 30.1 Å². The average Bonchev–Trinajstić information content (AvgIpc) is 3.13. The standard InChI is InChI=1S/C16H24N2/c1-2-3-13-4-6-14(7-5-13)17-15-10-11-18(12-15)16-8-9-16/h4-7,15-17H,2-3,8-12H2,1H3. The number of rotatable bonds is 5. The fraction of sp³-hybridized carbons (Fsp3) is 0.625. The Morgan fingerprint density at radius 3 is 2.61 bits per heavy atom. The van der Waals surface area contributed by atoms with Gasteiger partial charge < -0.3 is 5.32 Å². The van der Waals surface area contributed by atoms with Crippen LogP contribution in [0.1, 0.15) is 38.2 Å². The van der Waals surface area contributed by atoms with E-state index in [-0.39, 0.29) is 0 Å². The molecule has 1 aliphatic carbocycles. The fourth-order valence-corrected chi connectivity index (χ4v) is 2.97. The Kier molecular flexibility index (Phi) is 3.55. The second kappa shape index (κ2) is 5.31. The molecule has 1 aromatic carbocycles. The Morgan fingerprint density at radius 2 is 1.94 bits per heavy atom. The molecular weight excluding hydrogens is 220 g/mol. The second-order valence-corrected chi connectivity index (χ2v) is 5.80. The van der Waals surface area contributed by atoms with Crippen molar-refractivity contribution in [2.75, 3.05) is 18.4 Å². The summed E-state index contributed by atoms with van der Waals surface area (Å²) in [5, 5.41) is 3.68. The van der Waals surface area contributed by atoms with Crippen molar-refractivity contribution >= 4 is 5.69 Å². The molecule has 1 aromatic rings. The van der Waals surface area contributed by atoms with Gasteiger partial charge in [0, 0.05) is 30.9 Å². The Balaban J connectivity index is 1.52. The van der Waals surface area contributed by atoms with Gasteiger partial charge in [0.05, 0.1) is 0 Å². The van der Waals surface area contributed by atoms with Gasteiger partial charge in [-0.2, -0.15) is 0 Å². The van der Waals surface area contributed by atoms with E-state index in [9.17, 15) is 0 Å². The first-order valence-corrected chi connectivity index (χ1v) is 7.44. The van der Waals surface area contributed by atoms with Crippen LogP contribution in [0.15, 0.2) is 24.3 Å². The van der Waals surface area contributed by atoms with Crippen molar-refractivity contribution in [3.8, 4) is 0 Å². The zero-order valence-electron chi connectivity index (χ0n) is 11.4. The summed E-state index contributed by atoms with van der Waals surface area (Å²) in [5.74, 6) is 0. The molecule has 0 amide bonds. The highest BCUT2D eigenvalue weighted by molar-refractivity contribution is 5.45. The molecule has 2 fully saturated rings. The van der Waals surface area contributed by atoms with Crippen LogP contribution < -0.4 is 5.32 Å². The van der Waals surface area contributed by atoms with Crippen molar-refractivity contribution in [3.05, 3.63) is 29.8 Å². The summed E-state index contributed by atoms with van der Waals surface area (Å²) in [5.41, 5.74) is 2.74. The third-order valence-electron chi connectivity index (χ3n) is 4.15. The molecule has 1 saturated carbocycles. The maximum absolute atomic E-state index is 3.68. The molecule has 18 heavy (non-hydrogen) atoms. The van der Waals surface area contributed by atoms with Crippen LogP contribution in [0.25, 0.3) is 0 Å². The zero-order valence-corrected chi connectivity index (χ0v) is 11.4. The normalized spacial score (nSPS) is 24.4. The summed E-state index contributed by atoms with van der Waals surface area (Å²) in [6, 6.07) is 10.6. The molecule has 2 nitrogen and oxygen atoms in total. The molecule has 0 radical (unpaired) electrons. The first kappa shape index (κ1) is 12.0. The number of hydrogen-bond donors (Lipinski definition) is 1. The summed E-state index contributed by atoms with van der Waals surface area (Å²) in [6.07, 6.45) is 6.58. The van der Waals surface area contributed by atoms with Gasteiger partial charge in [-0.1, -0.05) is 25.5 Å². The maximum Gasteiger partial charge on any atom is 0.0400 e. The van der Waals surface area contributed by atoms with Crippen LogP contribution in [0.4, 0.5) is 5.69 Å². The van der Waals surface area contributed by atoms with Crippen molar-refractivity contribution in [2.24, 2.45) is 0 Å².